The second kappa shape index (κ2) is 6.22. The number of rotatable bonds is 5. The van der Waals surface area contributed by atoms with E-state index in [0.717, 1.165) is 12.8 Å². The van der Waals surface area contributed by atoms with Crippen LogP contribution in [-0.4, -0.2) is 20.1 Å². The van der Waals surface area contributed by atoms with Gasteiger partial charge in [0.25, 0.3) is 0 Å². The first kappa shape index (κ1) is 14.8. The zero-order valence-electron chi connectivity index (χ0n) is 10.6. The first-order chi connectivity index (χ1) is 9.03. The molecule has 1 saturated carbocycles. The Morgan fingerprint density at radius 2 is 2.00 bits per heavy atom. The third-order valence-electron chi connectivity index (χ3n) is 3.50. The third kappa shape index (κ3) is 3.69. The van der Waals surface area contributed by atoms with Gasteiger partial charge in [0.1, 0.15) is 4.90 Å². The van der Waals surface area contributed by atoms with Crippen molar-refractivity contribution in [2.75, 3.05) is 6.54 Å². The van der Waals surface area contributed by atoms with Crippen molar-refractivity contribution in [3.8, 4) is 0 Å². The summed E-state index contributed by atoms with van der Waals surface area (Å²) in [6.45, 7) is 0.254. The SMILES string of the molecule is O=S(=O)(NCC1CCCC1)c1cc(CO)ccc1Cl. The highest BCUT2D eigenvalue weighted by molar-refractivity contribution is 7.89. The third-order valence-corrected chi connectivity index (χ3v) is 5.41. The average Bonchev–Trinajstić information content (AvgIpc) is 2.90. The fraction of sp³-hybridized carbons (Fsp3) is 0.538. The lowest BCUT2D eigenvalue weighted by atomic mass is 10.1. The molecule has 106 valence electrons. The predicted molar refractivity (Wildman–Crippen MR) is 74.5 cm³/mol. The summed E-state index contributed by atoms with van der Waals surface area (Å²) in [7, 11) is -3.60. The van der Waals surface area contributed by atoms with Crippen LogP contribution in [0.1, 0.15) is 31.2 Å². The van der Waals surface area contributed by atoms with E-state index in [9.17, 15) is 8.42 Å². The van der Waals surface area contributed by atoms with Crippen LogP contribution in [0.5, 0.6) is 0 Å². The maximum Gasteiger partial charge on any atom is 0.242 e. The fourth-order valence-corrected chi connectivity index (χ4v) is 4.04. The van der Waals surface area contributed by atoms with Crippen LogP contribution in [0.15, 0.2) is 23.1 Å². The van der Waals surface area contributed by atoms with Gasteiger partial charge in [-0.25, -0.2) is 13.1 Å². The maximum absolute atomic E-state index is 12.2. The molecule has 0 radical (unpaired) electrons. The summed E-state index contributed by atoms with van der Waals surface area (Å²) in [5, 5.41) is 9.24. The summed E-state index contributed by atoms with van der Waals surface area (Å²) >= 11 is 5.93. The van der Waals surface area contributed by atoms with Crippen molar-refractivity contribution < 1.29 is 13.5 Å². The lowest BCUT2D eigenvalue weighted by Gasteiger charge is -2.12. The molecule has 6 heteroatoms. The molecule has 0 atom stereocenters. The van der Waals surface area contributed by atoms with E-state index in [4.69, 9.17) is 16.7 Å². The van der Waals surface area contributed by atoms with Crippen LogP contribution in [-0.2, 0) is 16.6 Å². The smallest absolute Gasteiger partial charge is 0.242 e. The largest absolute Gasteiger partial charge is 0.392 e. The zero-order chi connectivity index (χ0) is 13.9. The minimum absolute atomic E-state index is 0.0405. The van der Waals surface area contributed by atoms with Crippen LogP contribution in [0.25, 0.3) is 0 Å². The molecule has 0 spiro atoms. The fourth-order valence-electron chi connectivity index (χ4n) is 2.37. The minimum atomic E-state index is -3.60. The van der Waals surface area contributed by atoms with Crippen LogP contribution in [0, 0.1) is 5.92 Å². The Labute approximate surface area is 118 Å². The number of nitrogens with one attached hydrogen (secondary N) is 1. The highest BCUT2D eigenvalue weighted by Gasteiger charge is 2.21. The zero-order valence-corrected chi connectivity index (χ0v) is 12.2. The second-order valence-corrected chi connectivity index (χ2v) is 7.07. The van der Waals surface area contributed by atoms with Gasteiger partial charge in [0, 0.05) is 6.54 Å². The van der Waals surface area contributed by atoms with E-state index < -0.39 is 10.0 Å². The summed E-state index contributed by atoms with van der Waals surface area (Å²) in [6.07, 6.45) is 4.50. The predicted octanol–water partition coefficient (Wildman–Crippen LogP) is 2.30. The van der Waals surface area contributed by atoms with Gasteiger partial charge in [0.15, 0.2) is 0 Å². The van der Waals surface area contributed by atoms with Crippen LogP contribution < -0.4 is 4.72 Å². The van der Waals surface area contributed by atoms with E-state index in [1.807, 2.05) is 0 Å². The molecular formula is C13H18ClNO3S. The molecule has 1 aromatic rings. The van der Waals surface area contributed by atoms with Crippen LogP contribution in [0.4, 0.5) is 0 Å². The van der Waals surface area contributed by atoms with Crippen LogP contribution >= 0.6 is 11.6 Å². The molecule has 1 aromatic carbocycles. The second-order valence-electron chi connectivity index (χ2n) is 4.93. The molecule has 0 unspecified atom stereocenters. The molecular weight excluding hydrogens is 286 g/mol. The topological polar surface area (TPSA) is 66.4 Å². The number of hydrogen-bond donors (Lipinski definition) is 2. The Bertz CT molecular complexity index is 539. The van der Waals surface area contributed by atoms with E-state index in [1.54, 1.807) is 6.07 Å². The van der Waals surface area contributed by atoms with Crippen molar-refractivity contribution in [2.24, 2.45) is 5.92 Å². The summed E-state index contributed by atoms with van der Waals surface area (Å²) in [5.74, 6) is 0.426. The van der Waals surface area contributed by atoms with Crippen LogP contribution in [0.2, 0.25) is 5.02 Å². The number of halogens is 1. The molecule has 0 saturated heterocycles. The Balaban J connectivity index is 2.13. The van der Waals surface area contributed by atoms with Crippen molar-refractivity contribution >= 4 is 21.6 Å². The maximum atomic E-state index is 12.2. The molecule has 0 amide bonds. The van der Waals surface area contributed by atoms with E-state index in [-0.39, 0.29) is 16.5 Å². The van der Waals surface area contributed by atoms with Crippen molar-refractivity contribution in [3.05, 3.63) is 28.8 Å². The van der Waals surface area contributed by atoms with E-state index in [0.29, 0.717) is 18.0 Å². The van der Waals surface area contributed by atoms with Crippen molar-refractivity contribution in [1.82, 2.24) is 4.72 Å². The molecule has 1 aliphatic carbocycles. The molecule has 0 heterocycles. The number of aliphatic hydroxyl groups excluding tert-OH is 1. The van der Waals surface area contributed by atoms with Crippen LogP contribution in [0.3, 0.4) is 0 Å². The highest BCUT2D eigenvalue weighted by Crippen LogP contribution is 2.26. The molecule has 2 rings (SSSR count). The summed E-state index contributed by atoms with van der Waals surface area (Å²) < 4.78 is 27.0. The summed E-state index contributed by atoms with van der Waals surface area (Å²) in [6, 6.07) is 4.52. The van der Waals surface area contributed by atoms with Gasteiger partial charge < -0.3 is 5.11 Å². The first-order valence-electron chi connectivity index (χ1n) is 6.42. The Hall–Kier alpha value is -0.620. The minimum Gasteiger partial charge on any atom is -0.392 e. The molecule has 1 aliphatic rings. The van der Waals surface area contributed by atoms with E-state index >= 15 is 0 Å². The standard InChI is InChI=1S/C13H18ClNO3S/c14-12-6-5-11(9-16)7-13(12)19(17,18)15-8-10-3-1-2-4-10/h5-7,10,15-16H,1-4,8-9H2. The molecule has 2 N–H and O–H groups in total. The number of hydrogen-bond acceptors (Lipinski definition) is 3. The Morgan fingerprint density at radius 3 is 2.63 bits per heavy atom. The van der Waals surface area contributed by atoms with Gasteiger partial charge in [-0.15, -0.1) is 0 Å². The average molecular weight is 304 g/mol. The summed E-state index contributed by atoms with van der Waals surface area (Å²) in [4.78, 5) is 0.0405. The quantitative estimate of drug-likeness (QED) is 0.877. The normalized spacial score (nSPS) is 16.9. The molecule has 1 fully saturated rings. The van der Waals surface area contributed by atoms with Gasteiger partial charge in [-0.2, -0.15) is 0 Å². The first-order valence-corrected chi connectivity index (χ1v) is 8.28. The van der Waals surface area contributed by atoms with Crippen molar-refractivity contribution in [1.29, 1.82) is 0 Å². The van der Waals surface area contributed by atoms with Crippen molar-refractivity contribution in [2.45, 2.75) is 37.2 Å². The molecule has 0 bridgehead atoms. The Kier molecular flexibility index (Phi) is 4.84. The monoisotopic (exact) mass is 303 g/mol. The van der Waals surface area contributed by atoms with Gasteiger partial charge >= 0.3 is 0 Å². The number of sulfonamides is 1. The van der Waals surface area contributed by atoms with Gasteiger partial charge in [-0.3, -0.25) is 0 Å². The highest BCUT2D eigenvalue weighted by atomic mass is 35.5. The lowest BCUT2D eigenvalue weighted by molar-refractivity contribution is 0.281. The summed E-state index contributed by atoms with van der Waals surface area (Å²) in [5.41, 5.74) is 0.533. The molecule has 0 aromatic heterocycles. The number of aliphatic hydroxyl groups is 1. The molecule has 19 heavy (non-hydrogen) atoms. The van der Waals surface area contributed by atoms with Gasteiger partial charge in [0.05, 0.1) is 11.6 Å². The Morgan fingerprint density at radius 1 is 1.32 bits per heavy atom. The molecule has 4 nitrogen and oxygen atoms in total. The van der Waals surface area contributed by atoms with Crippen molar-refractivity contribution in [3.63, 3.8) is 0 Å². The number of benzene rings is 1. The molecule has 0 aliphatic heterocycles. The van der Waals surface area contributed by atoms with Gasteiger partial charge in [0.2, 0.25) is 10.0 Å². The van der Waals surface area contributed by atoms with E-state index in [2.05, 4.69) is 4.72 Å². The van der Waals surface area contributed by atoms with Gasteiger partial charge in [-0.05, 0) is 36.5 Å². The lowest BCUT2D eigenvalue weighted by Crippen LogP contribution is -2.28. The van der Waals surface area contributed by atoms with Gasteiger partial charge in [-0.1, -0.05) is 30.5 Å². The van der Waals surface area contributed by atoms with E-state index in [1.165, 1.54) is 25.0 Å².